The van der Waals surface area contributed by atoms with Crippen molar-refractivity contribution in [3.63, 3.8) is 0 Å². The van der Waals surface area contributed by atoms with E-state index < -0.39 is 0 Å². The predicted molar refractivity (Wildman–Crippen MR) is 193 cm³/mol. The number of nitrogens with zero attached hydrogens (tertiary/aromatic N) is 8. The minimum absolute atomic E-state index is 0.0577. The van der Waals surface area contributed by atoms with Gasteiger partial charge in [-0.25, -0.2) is 25.0 Å². The molecule has 0 saturated carbocycles. The van der Waals surface area contributed by atoms with Gasteiger partial charge in [0.05, 0.1) is 6.04 Å². The fourth-order valence-electron chi connectivity index (χ4n) is 6.21. The highest BCUT2D eigenvalue weighted by Gasteiger charge is 2.37. The molecule has 2 atom stereocenters. The van der Waals surface area contributed by atoms with Crippen molar-refractivity contribution in [3.8, 4) is 0 Å². The monoisotopic (exact) mass is 622 g/mol. The molecule has 0 spiro atoms. The van der Waals surface area contributed by atoms with E-state index in [4.69, 9.17) is 25.0 Å². The quantitative estimate of drug-likeness (QED) is 0.315. The lowest BCUT2D eigenvalue weighted by Crippen LogP contribution is -2.36. The molecule has 5 heterocycles. The molecule has 246 valence electrons. The summed E-state index contributed by atoms with van der Waals surface area (Å²) in [5, 5.41) is 0. The van der Waals surface area contributed by atoms with Gasteiger partial charge in [-0.2, -0.15) is 0 Å². The van der Waals surface area contributed by atoms with Crippen LogP contribution in [0.25, 0.3) is 0 Å². The van der Waals surface area contributed by atoms with Crippen molar-refractivity contribution in [1.82, 2.24) is 14.0 Å². The van der Waals surface area contributed by atoms with E-state index in [0.29, 0.717) is 11.7 Å². The molecule has 3 aliphatic heterocycles. The van der Waals surface area contributed by atoms with Gasteiger partial charge in [0.25, 0.3) is 0 Å². The molecule has 0 aromatic carbocycles. The summed E-state index contributed by atoms with van der Waals surface area (Å²) in [5.41, 5.74) is 5.57. The van der Waals surface area contributed by atoms with Gasteiger partial charge in [-0.05, 0) is 58.4 Å². The van der Waals surface area contributed by atoms with Crippen LogP contribution in [0.1, 0.15) is 107 Å². The number of hydrogen-bond acceptors (Lipinski definition) is 6. The number of fused-ring (bicyclic) bond motifs is 7. The number of rotatable bonds is 2. The standard InChI is InChI=1S/C38H54N8/c1-17-22(2)46-30-21-26(38(12,13)14)34(46)43-29-20-25(37(9,10)11)33(45(29)16)42-28-19-24(36(6,7)8)32(44(28)15)40-27-18-23(35(3,4)5)31(39-27)41-30/h17-22,33H,1H2,2-16H3/t22-,33?/m1/s1. The number of likely N-dealkylation sites (N-methyl/N-ethyl adjacent to an activating group) is 1. The van der Waals surface area contributed by atoms with Crippen molar-refractivity contribution < 1.29 is 0 Å². The zero-order valence-electron chi connectivity index (χ0n) is 30.8. The molecule has 8 heteroatoms. The van der Waals surface area contributed by atoms with Crippen molar-refractivity contribution >= 4 is 29.1 Å². The van der Waals surface area contributed by atoms with Gasteiger partial charge in [0.2, 0.25) is 0 Å². The van der Waals surface area contributed by atoms with Gasteiger partial charge >= 0.3 is 0 Å². The van der Waals surface area contributed by atoms with Crippen LogP contribution in [-0.2, 0) is 17.9 Å². The van der Waals surface area contributed by atoms with Gasteiger partial charge in [0.1, 0.15) is 34.6 Å². The number of aromatic nitrogens is 2. The zero-order chi connectivity index (χ0) is 34.3. The highest BCUT2D eigenvalue weighted by Crippen LogP contribution is 2.43. The summed E-state index contributed by atoms with van der Waals surface area (Å²) in [5.74, 6) is 3.88. The smallest absolute Gasteiger partial charge is 0.160 e. The average molecular weight is 623 g/mol. The third-order valence-corrected chi connectivity index (χ3v) is 9.15. The molecule has 8 nitrogen and oxygen atoms in total. The summed E-state index contributed by atoms with van der Waals surface area (Å²) in [4.78, 5) is 28.7. The lowest BCUT2D eigenvalue weighted by atomic mass is 9.85. The highest BCUT2D eigenvalue weighted by molar-refractivity contribution is 6.19. The van der Waals surface area contributed by atoms with Crippen LogP contribution in [0.5, 0.6) is 0 Å². The molecule has 0 aliphatic carbocycles. The molecule has 3 aliphatic rings. The Morgan fingerprint density at radius 1 is 0.761 bits per heavy atom. The van der Waals surface area contributed by atoms with Crippen molar-refractivity contribution in [2.24, 2.45) is 42.8 Å². The Balaban J connectivity index is 1.98. The zero-order valence-corrected chi connectivity index (χ0v) is 30.8. The topological polar surface area (TPSA) is 74.9 Å². The normalized spacial score (nSPS) is 19.5. The van der Waals surface area contributed by atoms with Gasteiger partial charge in [0.15, 0.2) is 11.7 Å². The van der Waals surface area contributed by atoms with Gasteiger partial charge in [0, 0.05) is 30.8 Å². The first-order chi connectivity index (χ1) is 21.0. The Labute approximate surface area is 275 Å². The first-order valence-electron chi connectivity index (χ1n) is 16.5. The van der Waals surface area contributed by atoms with Crippen molar-refractivity contribution in [3.05, 3.63) is 70.2 Å². The van der Waals surface area contributed by atoms with E-state index in [-0.39, 0.29) is 33.9 Å². The van der Waals surface area contributed by atoms with Crippen LogP contribution in [-0.4, -0.2) is 44.8 Å². The van der Waals surface area contributed by atoms with Crippen molar-refractivity contribution in [2.45, 2.75) is 113 Å². The maximum Gasteiger partial charge on any atom is 0.160 e. The predicted octanol–water partition coefficient (Wildman–Crippen LogP) is 7.81. The molecular weight excluding hydrogens is 568 g/mol. The Kier molecular flexibility index (Phi) is 7.94. The summed E-state index contributed by atoms with van der Waals surface area (Å²) < 4.78 is 4.31. The number of aliphatic imine (C=N–C) groups is 3. The van der Waals surface area contributed by atoms with Crippen molar-refractivity contribution in [2.75, 3.05) is 7.05 Å². The summed E-state index contributed by atoms with van der Waals surface area (Å²) in [6.45, 7) is 33.0. The number of amidine groups is 3. The molecule has 5 rings (SSSR count). The number of hydrogen-bond donors (Lipinski definition) is 0. The third-order valence-electron chi connectivity index (χ3n) is 9.15. The lowest BCUT2D eigenvalue weighted by molar-refractivity contribution is 0.363. The molecule has 8 bridgehead atoms. The largest absolute Gasteiger partial charge is 0.334 e. The van der Waals surface area contributed by atoms with Crippen LogP contribution in [0.4, 0.5) is 11.6 Å². The van der Waals surface area contributed by atoms with Gasteiger partial charge < -0.3 is 14.0 Å². The van der Waals surface area contributed by atoms with Crippen LogP contribution < -0.4 is 11.0 Å². The van der Waals surface area contributed by atoms with Crippen LogP contribution in [0.2, 0.25) is 0 Å². The second-order valence-electron chi connectivity index (χ2n) is 17.1. The van der Waals surface area contributed by atoms with E-state index in [1.807, 2.05) is 6.08 Å². The van der Waals surface area contributed by atoms with E-state index in [2.05, 4.69) is 149 Å². The SMILES string of the molecule is C=C[C@@H](C)n1c2cc(C(C)(C)C)c1N=C1C=C(C(C)(C)C)C(N=c3cc(C(C)(C)C)c(n3C)=NC3=NC(=N2)C(C(C)(C)C)=C3)N1C. The van der Waals surface area contributed by atoms with E-state index >= 15 is 0 Å². The molecule has 2 aromatic rings. The second kappa shape index (κ2) is 10.9. The van der Waals surface area contributed by atoms with E-state index in [0.717, 1.165) is 45.1 Å². The van der Waals surface area contributed by atoms with Crippen LogP contribution in [0.3, 0.4) is 0 Å². The number of allylic oxidation sites excluding steroid dienone is 1. The molecule has 0 radical (unpaired) electrons. The van der Waals surface area contributed by atoms with Gasteiger partial charge in [-0.3, -0.25) is 0 Å². The fourth-order valence-corrected chi connectivity index (χ4v) is 6.21. The Morgan fingerprint density at radius 2 is 1.39 bits per heavy atom. The van der Waals surface area contributed by atoms with E-state index in [9.17, 15) is 0 Å². The lowest BCUT2D eigenvalue weighted by Gasteiger charge is -2.28. The fraction of sp³-hybridized carbons (Fsp3) is 0.553. The Morgan fingerprint density at radius 3 is 1.93 bits per heavy atom. The Bertz CT molecular complexity index is 1870. The maximum atomic E-state index is 5.46. The first kappa shape index (κ1) is 33.6. The molecule has 1 unspecified atom stereocenters. The minimum atomic E-state index is -0.223. The first-order valence-corrected chi connectivity index (χ1v) is 16.5. The van der Waals surface area contributed by atoms with Crippen LogP contribution in [0.15, 0.2) is 73.0 Å². The second-order valence-corrected chi connectivity index (χ2v) is 17.1. The minimum Gasteiger partial charge on any atom is -0.334 e. The van der Waals surface area contributed by atoms with E-state index in [1.165, 1.54) is 5.57 Å². The van der Waals surface area contributed by atoms with Crippen molar-refractivity contribution in [1.29, 1.82) is 0 Å². The Hall–Kier alpha value is -3.81. The molecule has 0 fully saturated rings. The van der Waals surface area contributed by atoms with Crippen LogP contribution in [0, 0.1) is 10.8 Å². The van der Waals surface area contributed by atoms with E-state index in [1.54, 1.807) is 0 Å². The molecule has 46 heavy (non-hydrogen) atoms. The maximum absolute atomic E-state index is 5.46. The molecule has 0 N–H and O–H groups in total. The third kappa shape index (κ3) is 5.91. The van der Waals surface area contributed by atoms with Crippen LogP contribution >= 0.6 is 0 Å². The summed E-state index contributed by atoms with van der Waals surface area (Å²) in [6.07, 6.45) is 6.05. The summed E-state index contributed by atoms with van der Waals surface area (Å²) in [7, 11) is 4.15. The summed E-state index contributed by atoms with van der Waals surface area (Å²) >= 11 is 0. The van der Waals surface area contributed by atoms with Gasteiger partial charge in [-0.1, -0.05) is 89.2 Å². The molecule has 0 saturated heterocycles. The summed E-state index contributed by atoms with van der Waals surface area (Å²) in [6, 6.07) is 4.32. The molecule has 0 amide bonds. The van der Waals surface area contributed by atoms with Gasteiger partial charge in [-0.15, -0.1) is 6.58 Å². The molecule has 2 aromatic heterocycles. The average Bonchev–Trinajstić information content (AvgIpc) is 3.64. The highest BCUT2D eigenvalue weighted by atomic mass is 15.3. The molecular formula is C38H54N8.